The van der Waals surface area contributed by atoms with E-state index in [1.54, 1.807) is 0 Å². The molecule has 1 unspecified atom stereocenters. The van der Waals surface area contributed by atoms with Crippen molar-refractivity contribution in [2.75, 3.05) is 17.3 Å². The molecule has 1 aliphatic rings. The van der Waals surface area contributed by atoms with Gasteiger partial charge in [-0.25, -0.2) is 0 Å². The van der Waals surface area contributed by atoms with E-state index in [9.17, 15) is 0 Å². The molecule has 1 saturated carbocycles. The van der Waals surface area contributed by atoms with E-state index < -0.39 is 0 Å². The smallest absolute Gasteiger partial charge is 0.00952 e. The summed E-state index contributed by atoms with van der Waals surface area (Å²) in [6, 6.07) is 0. The second kappa shape index (κ2) is 8.19. The lowest BCUT2D eigenvalue weighted by Gasteiger charge is -2.36. The van der Waals surface area contributed by atoms with E-state index >= 15 is 0 Å². The summed E-state index contributed by atoms with van der Waals surface area (Å²) in [7, 11) is 0. The second-order valence-corrected chi connectivity index (χ2v) is 6.08. The lowest BCUT2D eigenvalue weighted by Crippen LogP contribution is -2.26. The Hall–Kier alpha value is 1.05. The quantitative estimate of drug-likeness (QED) is 0.594. The van der Waals surface area contributed by atoms with E-state index in [0.717, 1.165) is 35.0 Å². The first-order chi connectivity index (χ1) is 7.31. The zero-order valence-corrected chi connectivity index (χ0v) is 12.1. The number of hydrogen-bond donors (Lipinski definition) is 3. The lowest BCUT2D eigenvalue weighted by atomic mass is 9.71. The molecule has 0 amide bonds. The molecule has 90 valence electrons. The average molecular weight is 265 g/mol. The largest absolute Gasteiger partial charge is 0.179 e. The number of rotatable bonds is 6. The van der Waals surface area contributed by atoms with Crippen LogP contribution < -0.4 is 0 Å². The summed E-state index contributed by atoms with van der Waals surface area (Å²) in [5, 5.41) is 0. The van der Waals surface area contributed by atoms with E-state index in [1.165, 1.54) is 38.5 Å². The Morgan fingerprint density at radius 3 is 1.93 bits per heavy atom. The van der Waals surface area contributed by atoms with Crippen molar-refractivity contribution in [1.82, 2.24) is 0 Å². The SMILES string of the molecule is SCCC1CC[C@@H](CCS)[C@@H](CCS)C1. The normalized spacial score (nSPS) is 31.8. The van der Waals surface area contributed by atoms with Crippen LogP contribution in [0.1, 0.15) is 38.5 Å². The van der Waals surface area contributed by atoms with Crippen LogP contribution in [0.4, 0.5) is 0 Å². The van der Waals surface area contributed by atoms with Crippen molar-refractivity contribution >= 4 is 37.9 Å². The zero-order valence-electron chi connectivity index (χ0n) is 9.44. The predicted octanol–water partition coefficient (Wildman–Crippen LogP) is 3.98. The summed E-state index contributed by atoms with van der Waals surface area (Å²) in [6.45, 7) is 0. The fraction of sp³-hybridized carbons (Fsp3) is 1.00. The van der Waals surface area contributed by atoms with Gasteiger partial charge in [0.2, 0.25) is 0 Å². The summed E-state index contributed by atoms with van der Waals surface area (Å²) >= 11 is 13.1. The minimum Gasteiger partial charge on any atom is -0.179 e. The second-order valence-electron chi connectivity index (χ2n) is 4.74. The van der Waals surface area contributed by atoms with E-state index in [-0.39, 0.29) is 0 Å². The highest BCUT2D eigenvalue weighted by molar-refractivity contribution is 7.80. The Morgan fingerprint density at radius 1 is 0.733 bits per heavy atom. The molecule has 0 saturated heterocycles. The summed E-state index contributed by atoms with van der Waals surface area (Å²) in [5.74, 6) is 5.91. The Bertz CT molecular complexity index is 161. The van der Waals surface area contributed by atoms with Gasteiger partial charge in [-0.2, -0.15) is 37.9 Å². The fourth-order valence-corrected chi connectivity index (χ4v) is 3.96. The van der Waals surface area contributed by atoms with Crippen molar-refractivity contribution in [3.05, 3.63) is 0 Å². The minimum atomic E-state index is 0.910. The highest BCUT2D eigenvalue weighted by Gasteiger charge is 2.28. The van der Waals surface area contributed by atoms with Gasteiger partial charge in [0.05, 0.1) is 0 Å². The van der Waals surface area contributed by atoms with Gasteiger partial charge in [-0.3, -0.25) is 0 Å². The van der Waals surface area contributed by atoms with Gasteiger partial charge in [0, 0.05) is 0 Å². The van der Waals surface area contributed by atoms with Gasteiger partial charge in [0.25, 0.3) is 0 Å². The molecular weight excluding hydrogens is 240 g/mol. The van der Waals surface area contributed by atoms with Gasteiger partial charge in [0.15, 0.2) is 0 Å². The Labute approximate surface area is 111 Å². The molecule has 0 aromatic heterocycles. The van der Waals surface area contributed by atoms with Crippen molar-refractivity contribution in [1.29, 1.82) is 0 Å². The van der Waals surface area contributed by atoms with E-state index in [4.69, 9.17) is 0 Å². The van der Waals surface area contributed by atoms with Crippen LogP contribution in [0.25, 0.3) is 0 Å². The van der Waals surface area contributed by atoms with Crippen LogP contribution in [-0.4, -0.2) is 17.3 Å². The maximum atomic E-state index is 4.39. The minimum absolute atomic E-state index is 0.910. The highest BCUT2D eigenvalue weighted by atomic mass is 32.1. The predicted molar refractivity (Wildman–Crippen MR) is 79.7 cm³/mol. The van der Waals surface area contributed by atoms with Crippen LogP contribution in [0.2, 0.25) is 0 Å². The summed E-state index contributed by atoms with van der Waals surface area (Å²) in [4.78, 5) is 0. The van der Waals surface area contributed by atoms with Crippen LogP contribution in [0.5, 0.6) is 0 Å². The molecule has 15 heavy (non-hydrogen) atoms. The summed E-state index contributed by atoms with van der Waals surface area (Å²) in [6.07, 6.45) is 8.15. The van der Waals surface area contributed by atoms with Crippen LogP contribution in [0.15, 0.2) is 0 Å². The molecule has 0 aromatic rings. The average Bonchev–Trinajstić information content (AvgIpc) is 2.23. The molecule has 3 heteroatoms. The van der Waals surface area contributed by atoms with Crippen molar-refractivity contribution in [3.63, 3.8) is 0 Å². The molecule has 1 fully saturated rings. The molecule has 0 bridgehead atoms. The fourth-order valence-electron chi connectivity index (χ4n) is 2.93. The van der Waals surface area contributed by atoms with Crippen molar-refractivity contribution in [3.8, 4) is 0 Å². The van der Waals surface area contributed by atoms with Gasteiger partial charge < -0.3 is 0 Å². The molecule has 0 spiro atoms. The third kappa shape index (κ3) is 4.82. The first-order valence-electron chi connectivity index (χ1n) is 6.14. The molecule has 0 nitrogen and oxygen atoms in total. The van der Waals surface area contributed by atoms with Gasteiger partial charge in [0.1, 0.15) is 0 Å². The van der Waals surface area contributed by atoms with Crippen LogP contribution in [0, 0.1) is 17.8 Å². The highest BCUT2D eigenvalue weighted by Crippen LogP contribution is 2.39. The topological polar surface area (TPSA) is 0 Å². The van der Waals surface area contributed by atoms with Gasteiger partial charge in [-0.15, -0.1) is 0 Å². The third-order valence-electron chi connectivity index (χ3n) is 3.79. The summed E-state index contributed by atoms with van der Waals surface area (Å²) in [5.41, 5.74) is 0. The molecule has 0 aliphatic heterocycles. The van der Waals surface area contributed by atoms with Crippen LogP contribution in [-0.2, 0) is 0 Å². The lowest BCUT2D eigenvalue weighted by molar-refractivity contribution is 0.169. The molecule has 1 rings (SSSR count). The van der Waals surface area contributed by atoms with Crippen molar-refractivity contribution < 1.29 is 0 Å². The Balaban J connectivity index is 2.41. The van der Waals surface area contributed by atoms with Crippen LogP contribution >= 0.6 is 37.9 Å². The van der Waals surface area contributed by atoms with Crippen molar-refractivity contribution in [2.45, 2.75) is 38.5 Å². The molecule has 0 radical (unpaired) electrons. The van der Waals surface area contributed by atoms with Gasteiger partial charge in [-0.05, 0) is 67.1 Å². The van der Waals surface area contributed by atoms with Gasteiger partial charge in [-0.1, -0.05) is 6.42 Å². The Kier molecular flexibility index (Phi) is 7.70. The molecule has 0 aromatic carbocycles. The first-order valence-corrected chi connectivity index (χ1v) is 8.04. The molecular formula is C12H24S3. The molecule has 3 atom stereocenters. The molecule has 1 aliphatic carbocycles. The molecule has 0 heterocycles. The maximum Gasteiger partial charge on any atom is -0.00952 e. The van der Waals surface area contributed by atoms with E-state index in [0.29, 0.717) is 0 Å². The third-order valence-corrected chi connectivity index (χ3v) is 4.56. The van der Waals surface area contributed by atoms with E-state index in [1.807, 2.05) is 0 Å². The van der Waals surface area contributed by atoms with Crippen molar-refractivity contribution in [2.24, 2.45) is 17.8 Å². The van der Waals surface area contributed by atoms with E-state index in [2.05, 4.69) is 37.9 Å². The van der Waals surface area contributed by atoms with Gasteiger partial charge >= 0.3 is 0 Å². The first kappa shape index (κ1) is 14.1. The molecule has 0 N–H and O–H groups in total. The number of thiol groups is 3. The zero-order chi connectivity index (χ0) is 11.1. The maximum absolute atomic E-state index is 4.39. The standard InChI is InChI=1S/C12H24S3/c13-6-3-10-1-2-11(4-7-14)12(9-10)5-8-15/h10-15H,1-9H2/t10?,11-,12-/m0/s1. The van der Waals surface area contributed by atoms with Crippen LogP contribution in [0.3, 0.4) is 0 Å². The number of hydrogen-bond acceptors (Lipinski definition) is 3. The summed E-state index contributed by atoms with van der Waals surface area (Å²) < 4.78 is 0. The monoisotopic (exact) mass is 264 g/mol. The Morgan fingerprint density at radius 2 is 1.33 bits per heavy atom.